The van der Waals surface area contributed by atoms with Crippen LogP contribution in [0.15, 0.2) is 18.3 Å². The number of esters is 1. The van der Waals surface area contributed by atoms with Crippen LogP contribution in [0.4, 0.5) is 5.82 Å². The van der Waals surface area contributed by atoms with Gasteiger partial charge >= 0.3 is 5.97 Å². The average Bonchev–Trinajstić information content (AvgIpc) is 2.27. The highest BCUT2D eigenvalue weighted by Gasteiger charge is 2.08. The van der Waals surface area contributed by atoms with Crippen LogP contribution in [0.5, 0.6) is 0 Å². The number of hydrogen-bond donors (Lipinski definition) is 0. The number of carbonyl (C=O) groups excluding carboxylic acids is 1. The van der Waals surface area contributed by atoms with E-state index in [2.05, 4.69) is 28.5 Å². The summed E-state index contributed by atoms with van der Waals surface area (Å²) in [6, 6.07) is 3.56. The van der Waals surface area contributed by atoms with Crippen molar-refractivity contribution < 1.29 is 9.53 Å². The van der Waals surface area contributed by atoms with E-state index in [-0.39, 0.29) is 5.97 Å². The number of anilines is 1. The Morgan fingerprint density at radius 3 is 2.62 bits per heavy atom. The van der Waals surface area contributed by atoms with Crippen molar-refractivity contribution in [3.8, 4) is 0 Å². The fourth-order valence-corrected chi connectivity index (χ4v) is 1.49. The molecule has 16 heavy (non-hydrogen) atoms. The lowest BCUT2D eigenvalue weighted by atomic mass is 10.2. The van der Waals surface area contributed by atoms with Crippen LogP contribution in [-0.4, -0.2) is 31.7 Å². The summed E-state index contributed by atoms with van der Waals surface area (Å²) in [5, 5.41) is 0. The van der Waals surface area contributed by atoms with Crippen LogP contribution in [0.2, 0.25) is 0 Å². The predicted octanol–water partition coefficient (Wildman–Crippen LogP) is 1.96. The molecule has 0 unspecified atom stereocenters. The molecule has 0 fully saturated rings. The quantitative estimate of drug-likeness (QED) is 0.730. The molecule has 88 valence electrons. The van der Waals surface area contributed by atoms with Crippen molar-refractivity contribution in [1.82, 2.24) is 4.98 Å². The maximum absolute atomic E-state index is 11.2. The Morgan fingerprint density at radius 1 is 1.50 bits per heavy atom. The second-order valence-corrected chi connectivity index (χ2v) is 4.17. The molecule has 0 aliphatic rings. The topological polar surface area (TPSA) is 42.4 Å². The van der Waals surface area contributed by atoms with E-state index in [1.807, 2.05) is 13.1 Å². The Morgan fingerprint density at radius 2 is 2.19 bits per heavy atom. The number of methoxy groups -OCH3 is 1. The van der Waals surface area contributed by atoms with Gasteiger partial charge in [-0.2, -0.15) is 0 Å². The summed E-state index contributed by atoms with van der Waals surface area (Å²) < 4.78 is 4.61. The van der Waals surface area contributed by atoms with Crippen LogP contribution in [0.1, 0.15) is 24.2 Å². The number of pyridine rings is 1. The third kappa shape index (κ3) is 3.22. The lowest BCUT2D eigenvalue weighted by Crippen LogP contribution is -2.23. The maximum Gasteiger partial charge on any atom is 0.339 e. The smallest absolute Gasteiger partial charge is 0.339 e. The van der Waals surface area contributed by atoms with E-state index in [1.54, 1.807) is 6.07 Å². The van der Waals surface area contributed by atoms with E-state index < -0.39 is 0 Å². The molecule has 0 aromatic carbocycles. The van der Waals surface area contributed by atoms with Gasteiger partial charge in [0.1, 0.15) is 5.82 Å². The Labute approximate surface area is 96.2 Å². The van der Waals surface area contributed by atoms with Crippen molar-refractivity contribution >= 4 is 11.8 Å². The van der Waals surface area contributed by atoms with E-state index in [0.717, 1.165) is 12.4 Å². The number of ether oxygens (including phenoxy) is 1. The molecule has 0 amide bonds. The van der Waals surface area contributed by atoms with E-state index in [0.29, 0.717) is 11.5 Å². The van der Waals surface area contributed by atoms with Gasteiger partial charge in [-0.25, -0.2) is 9.78 Å². The summed E-state index contributed by atoms with van der Waals surface area (Å²) in [4.78, 5) is 17.5. The molecular formula is C12H18N2O2. The minimum atomic E-state index is -0.356. The second-order valence-electron chi connectivity index (χ2n) is 4.17. The zero-order chi connectivity index (χ0) is 12.1. The van der Waals surface area contributed by atoms with Crippen molar-refractivity contribution in [2.45, 2.75) is 13.8 Å². The highest BCUT2D eigenvalue weighted by atomic mass is 16.5. The molecule has 0 saturated heterocycles. The van der Waals surface area contributed by atoms with Crippen LogP contribution in [0, 0.1) is 5.92 Å². The van der Waals surface area contributed by atoms with Gasteiger partial charge in [0.25, 0.3) is 0 Å². The fourth-order valence-electron chi connectivity index (χ4n) is 1.49. The van der Waals surface area contributed by atoms with Gasteiger partial charge in [-0.15, -0.1) is 0 Å². The molecule has 0 aliphatic carbocycles. The molecule has 4 nitrogen and oxygen atoms in total. The first kappa shape index (κ1) is 12.5. The molecular weight excluding hydrogens is 204 g/mol. The van der Waals surface area contributed by atoms with Gasteiger partial charge in [-0.05, 0) is 18.1 Å². The van der Waals surface area contributed by atoms with E-state index >= 15 is 0 Å². The monoisotopic (exact) mass is 222 g/mol. The van der Waals surface area contributed by atoms with Gasteiger partial charge in [0.2, 0.25) is 0 Å². The average molecular weight is 222 g/mol. The Kier molecular flexibility index (Phi) is 4.28. The third-order valence-electron chi connectivity index (χ3n) is 2.20. The van der Waals surface area contributed by atoms with Gasteiger partial charge < -0.3 is 9.64 Å². The molecule has 1 aromatic rings. The predicted molar refractivity (Wildman–Crippen MR) is 63.7 cm³/mol. The molecule has 0 aliphatic heterocycles. The summed E-state index contributed by atoms with van der Waals surface area (Å²) in [7, 11) is 3.35. The first-order valence-electron chi connectivity index (χ1n) is 5.30. The zero-order valence-electron chi connectivity index (χ0n) is 10.2. The molecule has 0 saturated carbocycles. The van der Waals surface area contributed by atoms with Gasteiger partial charge in [0.15, 0.2) is 0 Å². The zero-order valence-corrected chi connectivity index (χ0v) is 10.2. The molecule has 0 N–H and O–H groups in total. The second kappa shape index (κ2) is 5.49. The largest absolute Gasteiger partial charge is 0.465 e. The lowest BCUT2D eigenvalue weighted by Gasteiger charge is -2.20. The minimum absolute atomic E-state index is 0.356. The van der Waals surface area contributed by atoms with Gasteiger partial charge in [-0.3, -0.25) is 0 Å². The highest BCUT2D eigenvalue weighted by Crippen LogP contribution is 2.11. The molecule has 0 atom stereocenters. The minimum Gasteiger partial charge on any atom is -0.465 e. The van der Waals surface area contributed by atoms with Crippen molar-refractivity contribution in [1.29, 1.82) is 0 Å². The molecule has 4 heteroatoms. The van der Waals surface area contributed by atoms with Crippen molar-refractivity contribution in [3.63, 3.8) is 0 Å². The first-order valence-corrected chi connectivity index (χ1v) is 5.30. The molecule has 0 radical (unpaired) electrons. The third-order valence-corrected chi connectivity index (χ3v) is 2.20. The summed E-state index contributed by atoms with van der Waals surface area (Å²) in [5.41, 5.74) is 0.476. The van der Waals surface area contributed by atoms with E-state index in [9.17, 15) is 4.79 Å². The number of hydrogen-bond acceptors (Lipinski definition) is 4. The highest BCUT2D eigenvalue weighted by molar-refractivity contribution is 5.89. The number of aromatic nitrogens is 1. The van der Waals surface area contributed by atoms with Crippen molar-refractivity contribution in [3.05, 3.63) is 23.9 Å². The van der Waals surface area contributed by atoms with E-state index in [4.69, 9.17) is 0 Å². The number of rotatable bonds is 4. The molecule has 0 bridgehead atoms. The van der Waals surface area contributed by atoms with Crippen molar-refractivity contribution in [2.24, 2.45) is 5.92 Å². The normalized spacial score (nSPS) is 10.3. The standard InChI is InChI=1S/C12H18N2O2/c1-9(2)8-14(3)11-6-5-10(7-13-11)12(15)16-4/h5-7,9H,8H2,1-4H3. The summed E-state index contributed by atoms with van der Waals surface area (Å²) in [5.74, 6) is 1.08. The summed E-state index contributed by atoms with van der Waals surface area (Å²) in [6.07, 6.45) is 1.54. The summed E-state index contributed by atoms with van der Waals surface area (Å²) >= 11 is 0. The van der Waals surface area contributed by atoms with Gasteiger partial charge in [0.05, 0.1) is 12.7 Å². The van der Waals surface area contributed by atoms with Crippen LogP contribution < -0.4 is 4.90 Å². The fraction of sp³-hybridized carbons (Fsp3) is 0.500. The molecule has 1 rings (SSSR count). The lowest BCUT2D eigenvalue weighted by molar-refractivity contribution is 0.0600. The van der Waals surface area contributed by atoms with Gasteiger partial charge in [-0.1, -0.05) is 13.8 Å². The van der Waals surface area contributed by atoms with Crippen LogP contribution in [-0.2, 0) is 4.74 Å². The van der Waals surface area contributed by atoms with E-state index in [1.165, 1.54) is 13.3 Å². The Bertz CT molecular complexity index is 347. The summed E-state index contributed by atoms with van der Waals surface area (Å²) in [6.45, 7) is 5.24. The molecule has 0 spiro atoms. The molecule has 1 aromatic heterocycles. The van der Waals surface area contributed by atoms with Crippen LogP contribution >= 0.6 is 0 Å². The molecule has 1 heterocycles. The Hall–Kier alpha value is -1.58. The van der Waals surface area contributed by atoms with Crippen LogP contribution in [0.3, 0.4) is 0 Å². The SMILES string of the molecule is COC(=O)c1ccc(N(C)CC(C)C)nc1. The first-order chi connectivity index (χ1) is 7.54. The Balaban J connectivity index is 2.74. The van der Waals surface area contributed by atoms with Gasteiger partial charge in [0, 0.05) is 19.8 Å². The number of carbonyl (C=O) groups is 1. The van der Waals surface area contributed by atoms with Crippen LogP contribution in [0.25, 0.3) is 0 Å². The maximum atomic E-state index is 11.2. The van der Waals surface area contributed by atoms with Crippen molar-refractivity contribution in [2.75, 3.05) is 25.6 Å². The number of nitrogens with zero attached hydrogens (tertiary/aromatic N) is 2.